The first-order chi connectivity index (χ1) is 7.09. The van der Waals surface area contributed by atoms with Gasteiger partial charge in [0.15, 0.2) is 0 Å². The lowest BCUT2D eigenvalue weighted by molar-refractivity contribution is -0.0264. The highest BCUT2D eigenvalue weighted by molar-refractivity contribution is 4.86. The number of likely N-dealkylation sites (N-methyl/N-ethyl adjacent to an activating group) is 1. The molecule has 0 aromatic rings. The summed E-state index contributed by atoms with van der Waals surface area (Å²) in [6, 6.07) is 0.694. The molecule has 0 saturated carbocycles. The van der Waals surface area contributed by atoms with Gasteiger partial charge in [0.05, 0.1) is 11.7 Å². The second-order valence-corrected chi connectivity index (χ2v) is 5.57. The van der Waals surface area contributed by atoms with Gasteiger partial charge in [-0.05, 0) is 46.7 Å². The SMILES string of the molecule is CNC1CCN(CC2CCC(C)(C)O2)C1. The summed E-state index contributed by atoms with van der Waals surface area (Å²) in [5.74, 6) is 0. The minimum Gasteiger partial charge on any atom is -0.371 e. The Labute approximate surface area is 93.2 Å². The summed E-state index contributed by atoms with van der Waals surface area (Å²) < 4.78 is 6.02. The van der Waals surface area contributed by atoms with E-state index in [1.165, 1.54) is 32.4 Å². The molecule has 0 bridgehead atoms. The Kier molecular flexibility index (Phi) is 3.33. The molecule has 88 valence electrons. The Morgan fingerprint density at radius 1 is 1.40 bits per heavy atom. The van der Waals surface area contributed by atoms with E-state index in [1.807, 2.05) is 0 Å². The highest BCUT2D eigenvalue weighted by Crippen LogP contribution is 2.30. The zero-order valence-corrected chi connectivity index (χ0v) is 10.3. The molecule has 2 unspecified atom stereocenters. The van der Waals surface area contributed by atoms with Crippen molar-refractivity contribution in [1.29, 1.82) is 0 Å². The Bertz CT molecular complexity index is 218. The van der Waals surface area contributed by atoms with Crippen LogP contribution in [0.25, 0.3) is 0 Å². The molecular weight excluding hydrogens is 188 g/mol. The van der Waals surface area contributed by atoms with Gasteiger partial charge in [-0.15, -0.1) is 0 Å². The van der Waals surface area contributed by atoms with E-state index >= 15 is 0 Å². The van der Waals surface area contributed by atoms with Crippen LogP contribution in [0.15, 0.2) is 0 Å². The van der Waals surface area contributed by atoms with Gasteiger partial charge in [0.1, 0.15) is 0 Å². The molecular formula is C12H24N2O. The van der Waals surface area contributed by atoms with Crippen LogP contribution in [0.1, 0.15) is 33.1 Å². The van der Waals surface area contributed by atoms with Gasteiger partial charge in [0.2, 0.25) is 0 Å². The highest BCUT2D eigenvalue weighted by Gasteiger charge is 2.33. The van der Waals surface area contributed by atoms with Crippen molar-refractivity contribution >= 4 is 0 Å². The third kappa shape index (κ3) is 2.92. The van der Waals surface area contributed by atoms with Crippen molar-refractivity contribution in [3.8, 4) is 0 Å². The zero-order chi connectivity index (χ0) is 10.9. The largest absolute Gasteiger partial charge is 0.371 e. The first kappa shape index (κ1) is 11.4. The molecule has 0 aromatic carbocycles. The normalized spacial score (nSPS) is 36.2. The van der Waals surface area contributed by atoms with Crippen LogP contribution in [0.4, 0.5) is 0 Å². The third-order valence-electron chi connectivity index (χ3n) is 3.70. The van der Waals surface area contributed by atoms with E-state index in [4.69, 9.17) is 4.74 Å². The maximum absolute atomic E-state index is 6.02. The molecule has 2 heterocycles. The van der Waals surface area contributed by atoms with Crippen LogP contribution in [0.3, 0.4) is 0 Å². The van der Waals surface area contributed by atoms with Gasteiger partial charge in [-0.2, -0.15) is 0 Å². The second-order valence-electron chi connectivity index (χ2n) is 5.57. The van der Waals surface area contributed by atoms with E-state index in [1.54, 1.807) is 0 Å². The molecule has 2 aliphatic rings. The van der Waals surface area contributed by atoms with E-state index in [9.17, 15) is 0 Å². The average Bonchev–Trinajstić information content (AvgIpc) is 2.73. The van der Waals surface area contributed by atoms with Crippen molar-refractivity contribution in [3.63, 3.8) is 0 Å². The van der Waals surface area contributed by atoms with Crippen LogP contribution in [-0.4, -0.2) is 49.3 Å². The third-order valence-corrected chi connectivity index (χ3v) is 3.70. The summed E-state index contributed by atoms with van der Waals surface area (Å²) in [6.07, 6.45) is 4.19. The van der Waals surface area contributed by atoms with E-state index in [0.717, 1.165) is 6.54 Å². The molecule has 2 rings (SSSR count). The Hall–Kier alpha value is -0.120. The van der Waals surface area contributed by atoms with Crippen LogP contribution in [0.5, 0.6) is 0 Å². The summed E-state index contributed by atoms with van der Waals surface area (Å²) in [5, 5.41) is 3.35. The van der Waals surface area contributed by atoms with E-state index in [0.29, 0.717) is 12.1 Å². The number of rotatable bonds is 3. The smallest absolute Gasteiger partial charge is 0.0710 e. The molecule has 2 aliphatic heterocycles. The standard InChI is InChI=1S/C12H24N2O/c1-12(2)6-4-11(15-12)9-14-7-5-10(8-14)13-3/h10-11,13H,4-9H2,1-3H3. The topological polar surface area (TPSA) is 24.5 Å². The lowest BCUT2D eigenvalue weighted by Crippen LogP contribution is -2.35. The minimum atomic E-state index is 0.118. The molecule has 0 aliphatic carbocycles. The summed E-state index contributed by atoms with van der Waals surface area (Å²) in [5.41, 5.74) is 0.118. The number of nitrogens with one attached hydrogen (secondary N) is 1. The molecule has 0 aromatic heterocycles. The van der Waals surface area contributed by atoms with E-state index in [2.05, 4.69) is 31.1 Å². The fraction of sp³-hybridized carbons (Fsp3) is 1.00. The molecule has 0 radical (unpaired) electrons. The number of nitrogens with zero attached hydrogens (tertiary/aromatic N) is 1. The summed E-state index contributed by atoms with van der Waals surface area (Å²) >= 11 is 0. The Morgan fingerprint density at radius 2 is 2.20 bits per heavy atom. The van der Waals surface area contributed by atoms with Crippen LogP contribution in [-0.2, 0) is 4.74 Å². The van der Waals surface area contributed by atoms with Crippen molar-refractivity contribution in [3.05, 3.63) is 0 Å². The molecule has 2 atom stereocenters. The van der Waals surface area contributed by atoms with Crippen LogP contribution in [0.2, 0.25) is 0 Å². The van der Waals surface area contributed by atoms with Crippen molar-refractivity contribution in [1.82, 2.24) is 10.2 Å². The zero-order valence-electron chi connectivity index (χ0n) is 10.3. The predicted molar refractivity (Wildman–Crippen MR) is 62.1 cm³/mol. The van der Waals surface area contributed by atoms with Crippen molar-refractivity contribution in [2.75, 3.05) is 26.7 Å². The Balaban J connectivity index is 1.74. The maximum atomic E-state index is 6.02. The van der Waals surface area contributed by atoms with Gasteiger partial charge >= 0.3 is 0 Å². The molecule has 1 N–H and O–H groups in total. The van der Waals surface area contributed by atoms with Crippen LogP contribution in [0, 0.1) is 0 Å². The predicted octanol–water partition coefficient (Wildman–Crippen LogP) is 1.24. The number of hydrogen-bond donors (Lipinski definition) is 1. The lowest BCUT2D eigenvalue weighted by Gasteiger charge is -2.23. The maximum Gasteiger partial charge on any atom is 0.0710 e. The van der Waals surface area contributed by atoms with Crippen molar-refractivity contribution < 1.29 is 4.74 Å². The minimum absolute atomic E-state index is 0.118. The molecule has 15 heavy (non-hydrogen) atoms. The fourth-order valence-corrected chi connectivity index (χ4v) is 2.73. The summed E-state index contributed by atoms with van der Waals surface area (Å²) in [7, 11) is 2.06. The monoisotopic (exact) mass is 212 g/mol. The van der Waals surface area contributed by atoms with Gasteiger partial charge in [-0.3, -0.25) is 4.90 Å². The summed E-state index contributed by atoms with van der Waals surface area (Å²) in [6.45, 7) is 7.95. The first-order valence-electron chi connectivity index (χ1n) is 6.16. The number of ether oxygens (including phenoxy) is 1. The van der Waals surface area contributed by atoms with E-state index in [-0.39, 0.29) is 5.60 Å². The van der Waals surface area contributed by atoms with Crippen LogP contribution >= 0.6 is 0 Å². The lowest BCUT2D eigenvalue weighted by atomic mass is 10.1. The van der Waals surface area contributed by atoms with Crippen molar-refractivity contribution in [2.24, 2.45) is 0 Å². The second kappa shape index (κ2) is 4.40. The quantitative estimate of drug-likeness (QED) is 0.762. The molecule has 2 fully saturated rings. The average molecular weight is 212 g/mol. The molecule has 0 amide bonds. The molecule has 3 heteroatoms. The molecule has 2 saturated heterocycles. The summed E-state index contributed by atoms with van der Waals surface area (Å²) in [4.78, 5) is 2.53. The first-order valence-corrected chi connectivity index (χ1v) is 6.16. The van der Waals surface area contributed by atoms with Gasteiger partial charge in [0.25, 0.3) is 0 Å². The van der Waals surface area contributed by atoms with E-state index < -0.39 is 0 Å². The molecule has 3 nitrogen and oxygen atoms in total. The Morgan fingerprint density at radius 3 is 2.73 bits per heavy atom. The molecule has 0 spiro atoms. The number of likely N-dealkylation sites (tertiary alicyclic amines) is 1. The van der Waals surface area contributed by atoms with Gasteiger partial charge in [-0.1, -0.05) is 0 Å². The van der Waals surface area contributed by atoms with Crippen LogP contribution < -0.4 is 5.32 Å². The highest BCUT2D eigenvalue weighted by atomic mass is 16.5. The number of hydrogen-bond acceptors (Lipinski definition) is 3. The van der Waals surface area contributed by atoms with Gasteiger partial charge in [-0.25, -0.2) is 0 Å². The fourth-order valence-electron chi connectivity index (χ4n) is 2.73. The van der Waals surface area contributed by atoms with Crippen molar-refractivity contribution in [2.45, 2.75) is 50.9 Å². The van der Waals surface area contributed by atoms with Gasteiger partial charge < -0.3 is 10.1 Å². The van der Waals surface area contributed by atoms with Gasteiger partial charge in [0, 0.05) is 19.1 Å².